The number of aliphatic carboxylic acids is 1. The molecule has 29 heavy (non-hydrogen) atoms. The topological polar surface area (TPSA) is 98.0 Å². The number of carboxylic acids is 1. The van der Waals surface area contributed by atoms with Gasteiger partial charge in [0.15, 0.2) is 11.5 Å². The lowest BCUT2D eigenvalue weighted by atomic mass is 10.1. The predicted molar refractivity (Wildman–Crippen MR) is 104 cm³/mol. The highest BCUT2D eigenvalue weighted by molar-refractivity contribution is 6.38. The third-order valence-electron chi connectivity index (χ3n) is 4.41. The summed E-state index contributed by atoms with van der Waals surface area (Å²) in [4.78, 5) is 22.3. The number of methoxy groups -OCH3 is 2. The third kappa shape index (κ3) is 4.06. The third-order valence-corrected chi connectivity index (χ3v) is 4.41. The van der Waals surface area contributed by atoms with Gasteiger partial charge in [0.25, 0.3) is 5.78 Å². The maximum atomic E-state index is 13.2. The Morgan fingerprint density at radius 3 is 2.28 bits per heavy atom. The van der Waals surface area contributed by atoms with Gasteiger partial charge in [-0.3, -0.25) is 4.79 Å². The normalized spacial score (nSPS) is 11.5. The minimum absolute atomic E-state index is 0.248. The Hall–Kier alpha value is -3.81. The number of hydrogen-bond acceptors (Lipinski definition) is 5. The van der Waals surface area contributed by atoms with Crippen molar-refractivity contribution in [1.29, 1.82) is 0 Å². The number of carbonyl (C=O) groups is 2. The van der Waals surface area contributed by atoms with Gasteiger partial charge in [-0.1, -0.05) is 12.1 Å². The quantitative estimate of drug-likeness (QED) is 0.359. The van der Waals surface area contributed by atoms with Gasteiger partial charge in [0.1, 0.15) is 11.6 Å². The van der Waals surface area contributed by atoms with Crippen LogP contribution in [0.5, 0.6) is 11.5 Å². The molecule has 1 heterocycles. The van der Waals surface area contributed by atoms with Crippen molar-refractivity contribution in [2.75, 3.05) is 14.2 Å². The van der Waals surface area contributed by atoms with Gasteiger partial charge in [-0.2, -0.15) is 0 Å². The number of aliphatic hydroxyl groups excluding tert-OH is 1. The SMILES string of the molecule is COc1cc2c(/C(O)=C\C(=O)C(=O)O)cn(Cc3ccc(F)cc3)c2cc1OC. The number of carboxylic acid groups (broad SMARTS) is 1. The molecule has 0 fully saturated rings. The van der Waals surface area contributed by atoms with E-state index in [1.54, 1.807) is 35.0 Å². The summed E-state index contributed by atoms with van der Waals surface area (Å²) in [6.45, 7) is 0.340. The molecule has 2 N–H and O–H groups in total. The average Bonchev–Trinajstić information content (AvgIpc) is 3.05. The van der Waals surface area contributed by atoms with E-state index in [4.69, 9.17) is 14.6 Å². The number of aliphatic hydroxyl groups is 1. The Morgan fingerprint density at radius 2 is 1.69 bits per heavy atom. The molecule has 0 saturated heterocycles. The van der Waals surface area contributed by atoms with Crippen molar-refractivity contribution < 1.29 is 33.7 Å². The highest BCUT2D eigenvalue weighted by atomic mass is 19.1. The number of benzene rings is 2. The van der Waals surface area contributed by atoms with Crippen molar-refractivity contribution in [3.63, 3.8) is 0 Å². The van der Waals surface area contributed by atoms with Crippen LogP contribution in [0.15, 0.2) is 48.7 Å². The molecule has 0 radical (unpaired) electrons. The zero-order valence-corrected chi connectivity index (χ0v) is 15.7. The Kier molecular flexibility index (Phi) is 5.54. The number of aromatic nitrogens is 1. The van der Waals surface area contributed by atoms with Gasteiger partial charge < -0.3 is 24.3 Å². The first-order valence-corrected chi connectivity index (χ1v) is 8.51. The number of hydrogen-bond donors (Lipinski definition) is 2. The van der Waals surface area contributed by atoms with E-state index in [0.29, 0.717) is 35.0 Å². The summed E-state index contributed by atoms with van der Waals surface area (Å²) in [6.07, 6.45) is 2.23. The molecule has 0 saturated carbocycles. The summed E-state index contributed by atoms with van der Waals surface area (Å²) in [5.41, 5.74) is 1.69. The number of carbonyl (C=O) groups excluding carboxylic acids is 1. The van der Waals surface area contributed by atoms with Crippen LogP contribution in [-0.4, -0.2) is 40.8 Å². The summed E-state index contributed by atoms with van der Waals surface area (Å²) >= 11 is 0. The van der Waals surface area contributed by atoms with Gasteiger partial charge in [0, 0.05) is 35.8 Å². The fraction of sp³-hybridized carbons (Fsp3) is 0.143. The summed E-state index contributed by atoms with van der Waals surface area (Å²) in [6, 6.07) is 9.27. The molecule has 0 aliphatic carbocycles. The van der Waals surface area contributed by atoms with Crippen LogP contribution >= 0.6 is 0 Å². The molecule has 0 bridgehead atoms. The van der Waals surface area contributed by atoms with Crippen molar-refractivity contribution in [2.24, 2.45) is 0 Å². The van der Waals surface area contributed by atoms with E-state index >= 15 is 0 Å². The van der Waals surface area contributed by atoms with Gasteiger partial charge >= 0.3 is 5.97 Å². The molecule has 0 aliphatic rings. The van der Waals surface area contributed by atoms with Crippen LogP contribution in [0.3, 0.4) is 0 Å². The van der Waals surface area contributed by atoms with Crippen LogP contribution in [0.4, 0.5) is 4.39 Å². The summed E-state index contributed by atoms with van der Waals surface area (Å²) < 4.78 is 25.6. The van der Waals surface area contributed by atoms with Crippen LogP contribution in [0, 0.1) is 5.82 Å². The van der Waals surface area contributed by atoms with Crippen LogP contribution in [0.1, 0.15) is 11.1 Å². The van der Waals surface area contributed by atoms with Crippen molar-refractivity contribution in [2.45, 2.75) is 6.54 Å². The minimum atomic E-state index is -1.68. The zero-order chi connectivity index (χ0) is 21.1. The molecule has 0 unspecified atom stereocenters. The van der Waals surface area contributed by atoms with E-state index in [1.807, 2.05) is 0 Å². The molecule has 0 atom stereocenters. The second-order valence-corrected chi connectivity index (χ2v) is 6.22. The van der Waals surface area contributed by atoms with Crippen LogP contribution in [-0.2, 0) is 16.1 Å². The molecule has 0 amide bonds. The molecule has 0 aliphatic heterocycles. The van der Waals surface area contributed by atoms with Gasteiger partial charge in [-0.25, -0.2) is 9.18 Å². The number of fused-ring (bicyclic) bond motifs is 1. The van der Waals surface area contributed by atoms with E-state index in [2.05, 4.69) is 0 Å². The van der Waals surface area contributed by atoms with Crippen molar-refractivity contribution in [3.8, 4) is 11.5 Å². The number of rotatable bonds is 7. The highest BCUT2D eigenvalue weighted by Gasteiger charge is 2.18. The molecule has 3 rings (SSSR count). The highest BCUT2D eigenvalue weighted by Crippen LogP contribution is 2.36. The molecule has 2 aromatic carbocycles. The molecule has 8 heteroatoms. The van der Waals surface area contributed by atoms with E-state index in [0.717, 1.165) is 5.56 Å². The Labute approximate surface area is 165 Å². The second-order valence-electron chi connectivity index (χ2n) is 6.22. The van der Waals surface area contributed by atoms with E-state index in [9.17, 15) is 19.1 Å². The largest absolute Gasteiger partial charge is 0.507 e. The van der Waals surface area contributed by atoms with Crippen molar-refractivity contribution >= 4 is 28.4 Å². The first kappa shape index (κ1) is 19.9. The Morgan fingerprint density at radius 1 is 1.07 bits per heavy atom. The standard InChI is InChI=1S/C21H18FNO6/c1-28-19-7-14-15(17(24)9-18(25)21(26)27)11-23(16(14)8-20(19)29-2)10-12-3-5-13(22)6-4-12/h3-9,11,24H,10H2,1-2H3,(H,26,27)/b17-9+. The number of halogens is 1. The van der Waals surface area contributed by atoms with Crippen LogP contribution < -0.4 is 9.47 Å². The lowest BCUT2D eigenvalue weighted by molar-refractivity contribution is -0.146. The molecule has 0 spiro atoms. The molecule has 3 aromatic rings. The first-order chi connectivity index (χ1) is 13.8. The monoisotopic (exact) mass is 399 g/mol. The average molecular weight is 399 g/mol. The van der Waals surface area contributed by atoms with Gasteiger partial charge in [-0.15, -0.1) is 0 Å². The van der Waals surface area contributed by atoms with Gasteiger partial charge in [0.05, 0.1) is 19.7 Å². The molecular weight excluding hydrogens is 381 g/mol. The number of nitrogens with zero attached hydrogens (tertiary/aromatic N) is 1. The molecule has 7 nitrogen and oxygen atoms in total. The number of ether oxygens (including phenoxy) is 2. The fourth-order valence-electron chi connectivity index (χ4n) is 3.00. The minimum Gasteiger partial charge on any atom is -0.507 e. The van der Waals surface area contributed by atoms with Crippen molar-refractivity contribution in [1.82, 2.24) is 4.57 Å². The lowest BCUT2D eigenvalue weighted by Crippen LogP contribution is -2.09. The molecule has 150 valence electrons. The van der Waals surface area contributed by atoms with Crippen molar-refractivity contribution in [3.05, 3.63) is 65.6 Å². The first-order valence-electron chi connectivity index (χ1n) is 8.51. The summed E-state index contributed by atoms with van der Waals surface area (Å²) in [5, 5.41) is 19.7. The van der Waals surface area contributed by atoms with Crippen LogP contribution in [0.25, 0.3) is 16.7 Å². The van der Waals surface area contributed by atoms with E-state index in [-0.39, 0.29) is 11.4 Å². The molecular formula is C21H18FNO6. The number of ketones is 1. The van der Waals surface area contributed by atoms with Gasteiger partial charge in [-0.05, 0) is 23.8 Å². The fourth-order valence-corrected chi connectivity index (χ4v) is 3.00. The summed E-state index contributed by atoms with van der Waals surface area (Å²) in [7, 11) is 2.95. The lowest BCUT2D eigenvalue weighted by Gasteiger charge is -2.10. The van der Waals surface area contributed by atoms with E-state index < -0.39 is 17.5 Å². The maximum absolute atomic E-state index is 13.2. The predicted octanol–water partition coefficient (Wildman–Crippen LogP) is 3.40. The smallest absolute Gasteiger partial charge is 0.376 e. The Balaban J connectivity index is 2.18. The molecule has 1 aromatic heterocycles. The zero-order valence-electron chi connectivity index (χ0n) is 15.7. The summed E-state index contributed by atoms with van der Waals surface area (Å²) in [5.74, 6) is -2.92. The second kappa shape index (κ2) is 8.05. The van der Waals surface area contributed by atoms with Crippen LogP contribution in [0.2, 0.25) is 0 Å². The van der Waals surface area contributed by atoms with E-state index in [1.165, 1.54) is 26.4 Å². The maximum Gasteiger partial charge on any atom is 0.376 e. The Bertz CT molecular complexity index is 1110. The van der Waals surface area contributed by atoms with Gasteiger partial charge in [0.2, 0.25) is 0 Å².